The highest BCUT2D eigenvalue weighted by Gasteiger charge is 2.25. The molecule has 31 heavy (non-hydrogen) atoms. The van der Waals surface area contributed by atoms with Gasteiger partial charge in [-0.25, -0.2) is 4.99 Å². The fourth-order valence-corrected chi connectivity index (χ4v) is 5.04. The monoisotopic (exact) mass is 435 g/mol. The molecule has 0 aromatic carbocycles. The molecule has 0 spiro atoms. The molecule has 2 atom stereocenters. The van der Waals surface area contributed by atoms with Crippen LogP contribution in [0.25, 0.3) is 0 Å². The summed E-state index contributed by atoms with van der Waals surface area (Å²) in [7, 11) is 0. The van der Waals surface area contributed by atoms with Gasteiger partial charge in [0.1, 0.15) is 0 Å². The van der Waals surface area contributed by atoms with Gasteiger partial charge < -0.3 is 24.8 Å². The summed E-state index contributed by atoms with van der Waals surface area (Å²) in [6.45, 7) is 6.94. The maximum atomic E-state index is 6.10. The number of nitrogens with one attached hydrogen (secondary N) is 2. The van der Waals surface area contributed by atoms with E-state index in [-0.39, 0.29) is 6.79 Å². The van der Waals surface area contributed by atoms with Crippen LogP contribution in [-0.2, 0) is 14.2 Å². The second-order valence-corrected chi connectivity index (χ2v) is 9.62. The van der Waals surface area contributed by atoms with E-state index < -0.39 is 0 Å². The highest BCUT2D eigenvalue weighted by Crippen LogP contribution is 2.23. The Bertz CT molecular complexity index is 542. The molecule has 0 aromatic heterocycles. The topological polar surface area (TPSA) is 64.1 Å². The van der Waals surface area contributed by atoms with Crippen LogP contribution in [0.1, 0.15) is 96.8 Å². The van der Waals surface area contributed by atoms with Crippen LogP contribution in [0.3, 0.4) is 0 Å². The second-order valence-electron chi connectivity index (χ2n) is 9.62. The van der Waals surface area contributed by atoms with Gasteiger partial charge in [0.25, 0.3) is 0 Å². The first kappa shape index (κ1) is 24.4. The van der Waals surface area contributed by atoms with Gasteiger partial charge in [-0.15, -0.1) is 0 Å². The van der Waals surface area contributed by atoms with E-state index in [9.17, 15) is 0 Å². The van der Waals surface area contributed by atoms with E-state index in [1.54, 1.807) is 0 Å². The number of hydrogen-bond donors (Lipinski definition) is 2. The molecule has 3 saturated carbocycles. The van der Waals surface area contributed by atoms with Gasteiger partial charge >= 0.3 is 0 Å². The molecular formula is C25H45N3O3. The van der Waals surface area contributed by atoms with Gasteiger partial charge in [-0.3, -0.25) is 0 Å². The number of allylic oxidation sites excluding steroid dienone is 1. The highest BCUT2D eigenvalue weighted by molar-refractivity contribution is 5.80. The quantitative estimate of drug-likeness (QED) is 0.165. The van der Waals surface area contributed by atoms with Gasteiger partial charge in [-0.2, -0.15) is 0 Å². The minimum atomic E-state index is 0.251. The molecule has 6 heteroatoms. The van der Waals surface area contributed by atoms with Gasteiger partial charge in [-0.05, 0) is 58.3 Å². The number of nitrogens with zero attached hydrogens (tertiary/aromatic N) is 1. The molecule has 0 aliphatic heterocycles. The third kappa shape index (κ3) is 9.82. The minimum Gasteiger partial charge on any atom is -0.473 e. The van der Waals surface area contributed by atoms with Crippen LogP contribution in [0.5, 0.6) is 0 Å². The van der Waals surface area contributed by atoms with Crippen molar-refractivity contribution >= 4 is 5.96 Å². The Morgan fingerprint density at radius 2 is 1.52 bits per heavy atom. The van der Waals surface area contributed by atoms with Crippen LogP contribution in [0, 0.1) is 0 Å². The fourth-order valence-electron chi connectivity index (χ4n) is 5.04. The zero-order valence-electron chi connectivity index (χ0n) is 19.7. The average Bonchev–Trinajstić information content (AvgIpc) is 2.77. The molecule has 3 aliphatic rings. The van der Waals surface area contributed by atoms with Crippen LogP contribution in [0.4, 0.5) is 0 Å². The van der Waals surface area contributed by atoms with E-state index in [1.165, 1.54) is 77.0 Å². The van der Waals surface area contributed by atoms with Crippen molar-refractivity contribution in [2.45, 2.75) is 121 Å². The summed E-state index contributed by atoms with van der Waals surface area (Å²) in [5, 5.41) is 7.60. The molecule has 0 heterocycles. The van der Waals surface area contributed by atoms with Crippen LogP contribution in [-0.4, -0.2) is 50.2 Å². The number of ether oxygens (including phenoxy) is 3. The molecule has 6 nitrogen and oxygen atoms in total. The highest BCUT2D eigenvalue weighted by atomic mass is 16.7. The van der Waals surface area contributed by atoms with Crippen molar-refractivity contribution in [1.82, 2.24) is 10.6 Å². The van der Waals surface area contributed by atoms with Crippen LogP contribution >= 0.6 is 0 Å². The summed E-state index contributed by atoms with van der Waals surface area (Å²) < 4.78 is 16.8. The Kier molecular flexibility index (Phi) is 11.0. The summed E-state index contributed by atoms with van der Waals surface area (Å²) in [6.07, 6.45) is 18.0. The minimum absolute atomic E-state index is 0.251. The molecule has 0 saturated heterocycles. The smallest absolute Gasteiger partial charge is 0.191 e. The summed E-state index contributed by atoms with van der Waals surface area (Å²) in [5.74, 6) is 1.74. The summed E-state index contributed by atoms with van der Waals surface area (Å²) >= 11 is 0. The average molecular weight is 436 g/mol. The molecule has 0 bridgehead atoms. The van der Waals surface area contributed by atoms with E-state index in [0.29, 0.717) is 43.2 Å². The maximum absolute atomic E-state index is 6.10. The first-order valence-corrected chi connectivity index (χ1v) is 12.8. The van der Waals surface area contributed by atoms with Crippen molar-refractivity contribution in [2.24, 2.45) is 4.99 Å². The van der Waals surface area contributed by atoms with Gasteiger partial charge in [0.15, 0.2) is 12.8 Å². The number of guanidine groups is 1. The van der Waals surface area contributed by atoms with Gasteiger partial charge in [0.2, 0.25) is 0 Å². The van der Waals surface area contributed by atoms with Gasteiger partial charge in [0, 0.05) is 12.1 Å². The van der Waals surface area contributed by atoms with E-state index in [0.717, 1.165) is 18.8 Å². The molecule has 3 fully saturated rings. The summed E-state index contributed by atoms with van der Waals surface area (Å²) in [5.41, 5.74) is 0. The van der Waals surface area contributed by atoms with Crippen molar-refractivity contribution in [2.75, 3.05) is 20.0 Å². The zero-order valence-corrected chi connectivity index (χ0v) is 19.7. The molecule has 3 aliphatic carbocycles. The SMILES string of the molecule is C=C(C)OCOCCOC1CCCC(NC(=NC2CCCCC2)NC2CCCCC2)C1. The van der Waals surface area contributed by atoms with Crippen LogP contribution in [0.15, 0.2) is 17.3 Å². The number of aliphatic imine (C=N–C) groups is 1. The lowest BCUT2D eigenvalue weighted by Crippen LogP contribution is -2.50. The Labute approximate surface area is 189 Å². The third-order valence-corrected chi connectivity index (χ3v) is 6.77. The first-order chi connectivity index (χ1) is 15.2. The summed E-state index contributed by atoms with van der Waals surface area (Å²) in [6, 6.07) is 1.50. The van der Waals surface area contributed by atoms with E-state index >= 15 is 0 Å². The predicted octanol–water partition coefficient (Wildman–Crippen LogP) is 5.04. The predicted molar refractivity (Wildman–Crippen MR) is 126 cm³/mol. The zero-order chi connectivity index (χ0) is 21.7. The lowest BCUT2D eigenvalue weighted by atomic mass is 9.92. The van der Waals surface area contributed by atoms with Crippen LogP contribution in [0.2, 0.25) is 0 Å². The molecule has 2 unspecified atom stereocenters. The van der Waals surface area contributed by atoms with Crippen molar-refractivity contribution in [3.05, 3.63) is 12.3 Å². The van der Waals surface area contributed by atoms with Crippen LogP contribution < -0.4 is 10.6 Å². The van der Waals surface area contributed by atoms with Crippen molar-refractivity contribution in [3.63, 3.8) is 0 Å². The molecule has 0 radical (unpaired) electrons. The lowest BCUT2D eigenvalue weighted by molar-refractivity contribution is -0.0629. The molecular weight excluding hydrogens is 390 g/mol. The summed E-state index contributed by atoms with van der Waals surface area (Å²) in [4.78, 5) is 5.17. The Morgan fingerprint density at radius 3 is 2.26 bits per heavy atom. The third-order valence-electron chi connectivity index (χ3n) is 6.77. The second kappa shape index (κ2) is 14.0. The van der Waals surface area contributed by atoms with Gasteiger partial charge in [-0.1, -0.05) is 45.1 Å². The van der Waals surface area contributed by atoms with E-state index in [1.807, 2.05) is 6.92 Å². The Hall–Kier alpha value is -1.27. The van der Waals surface area contributed by atoms with Crippen molar-refractivity contribution in [3.8, 4) is 0 Å². The fraction of sp³-hybridized carbons (Fsp3) is 0.880. The first-order valence-electron chi connectivity index (χ1n) is 12.8. The normalized spacial score (nSPS) is 26.4. The number of hydrogen-bond acceptors (Lipinski definition) is 4. The lowest BCUT2D eigenvalue weighted by Gasteiger charge is -2.33. The van der Waals surface area contributed by atoms with Gasteiger partial charge in [0.05, 0.1) is 31.1 Å². The number of rotatable bonds is 10. The molecule has 0 aromatic rings. The largest absolute Gasteiger partial charge is 0.473 e. The Morgan fingerprint density at radius 1 is 0.839 bits per heavy atom. The van der Waals surface area contributed by atoms with E-state index in [2.05, 4.69) is 17.2 Å². The molecule has 178 valence electrons. The standard InChI is InChI=1S/C25H45N3O3/c1-20(2)31-19-29-16-17-30-24-15-9-14-23(18-24)28-25(26-21-10-5-3-6-11-21)27-22-12-7-4-8-13-22/h21-24H,1,3-19H2,2H3,(H2,26,27,28). The molecule has 3 rings (SSSR count). The van der Waals surface area contributed by atoms with E-state index in [4.69, 9.17) is 19.2 Å². The molecule has 0 amide bonds. The van der Waals surface area contributed by atoms with Crippen molar-refractivity contribution < 1.29 is 14.2 Å². The Balaban J connectivity index is 1.44. The molecule has 2 N–H and O–H groups in total. The van der Waals surface area contributed by atoms with Crippen molar-refractivity contribution in [1.29, 1.82) is 0 Å². The maximum Gasteiger partial charge on any atom is 0.191 e.